The van der Waals surface area contributed by atoms with Crippen LogP contribution in [0.15, 0.2) is 18.3 Å². The molecule has 0 aliphatic heterocycles. The van der Waals surface area contributed by atoms with Crippen molar-refractivity contribution >= 4 is 0 Å². The highest BCUT2D eigenvalue weighted by atomic mass is 16.5. The molecule has 2 aliphatic carbocycles. The molecule has 4 atom stereocenters. The van der Waals surface area contributed by atoms with Gasteiger partial charge >= 0.3 is 0 Å². The Morgan fingerprint density at radius 1 is 1.35 bits per heavy atom. The van der Waals surface area contributed by atoms with E-state index in [1.165, 1.54) is 19.3 Å². The Kier molecular flexibility index (Phi) is 3.09. The predicted molar refractivity (Wildman–Crippen MR) is 80.5 cm³/mol. The molecule has 2 N–H and O–H groups in total. The number of fused-ring (bicyclic) bond motifs is 2. The van der Waals surface area contributed by atoms with Crippen LogP contribution < -0.4 is 10.5 Å². The van der Waals surface area contributed by atoms with Gasteiger partial charge < -0.3 is 10.5 Å². The minimum Gasteiger partial charge on any atom is -0.488 e. The molecule has 0 amide bonds. The number of hydrogen-bond donors (Lipinski definition) is 1. The molecule has 1 aromatic rings. The molecule has 2 fully saturated rings. The molecule has 1 aromatic heterocycles. The van der Waals surface area contributed by atoms with Crippen LogP contribution in [0.3, 0.4) is 0 Å². The van der Waals surface area contributed by atoms with Gasteiger partial charge in [0.25, 0.3) is 0 Å². The second kappa shape index (κ2) is 4.45. The van der Waals surface area contributed by atoms with Crippen LogP contribution in [-0.2, 0) is 0 Å². The molecule has 0 spiro atoms. The Bertz CT molecular complexity index is 494. The van der Waals surface area contributed by atoms with E-state index in [1.54, 1.807) is 0 Å². The summed E-state index contributed by atoms with van der Waals surface area (Å²) in [4.78, 5) is 4.39. The fourth-order valence-corrected chi connectivity index (χ4v) is 4.20. The Morgan fingerprint density at radius 3 is 2.55 bits per heavy atom. The van der Waals surface area contributed by atoms with Gasteiger partial charge in [-0.1, -0.05) is 20.8 Å². The highest BCUT2D eigenvalue weighted by molar-refractivity contribution is 5.23. The largest absolute Gasteiger partial charge is 0.488 e. The number of aromatic nitrogens is 1. The van der Waals surface area contributed by atoms with Crippen molar-refractivity contribution in [2.75, 3.05) is 0 Å². The molecule has 1 heterocycles. The van der Waals surface area contributed by atoms with Crippen molar-refractivity contribution in [1.82, 2.24) is 4.98 Å². The summed E-state index contributed by atoms with van der Waals surface area (Å²) in [7, 11) is 0. The normalized spacial score (nSPS) is 36.0. The van der Waals surface area contributed by atoms with Gasteiger partial charge in [0.1, 0.15) is 11.9 Å². The second-order valence-corrected chi connectivity index (χ2v) is 7.42. The van der Waals surface area contributed by atoms with Gasteiger partial charge in [0.15, 0.2) is 0 Å². The zero-order valence-electron chi connectivity index (χ0n) is 13.0. The number of nitrogens with zero attached hydrogens (tertiary/aromatic N) is 1. The third-order valence-corrected chi connectivity index (χ3v) is 6.22. The molecule has 3 rings (SSSR count). The van der Waals surface area contributed by atoms with Crippen molar-refractivity contribution in [2.24, 2.45) is 22.5 Å². The van der Waals surface area contributed by atoms with E-state index in [1.807, 2.05) is 25.3 Å². The number of pyridine rings is 1. The van der Waals surface area contributed by atoms with Crippen LogP contribution in [0, 0.1) is 16.7 Å². The minimum atomic E-state index is -0.0250. The highest BCUT2D eigenvalue weighted by Crippen LogP contribution is 2.66. The summed E-state index contributed by atoms with van der Waals surface area (Å²) in [6, 6.07) is 3.96. The van der Waals surface area contributed by atoms with Gasteiger partial charge in [0, 0.05) is 11.5 Å². The molecule has 3 unspecified atom stereocenters. The molecule has 3 heteroatoms. The van der Waals surface area contributed by atoms with Crippen LogP contribution in [0.25, 0.3) is 0 Å². The van der Waals surface area contributed by atoms with E-state index in [2.05, 4.69) is 25.8 Å². The summed E-state index contributed by atoms with van der Waals surface area (Å²) in [6.45, 7) is 9.16. The van der Waals surface area contributed by atoms with Gasteiger partial charge in [-0.3, -0.25) is 4.98 Å². The van der Waals surface area contributed by atoms with Crippen LogP contribution >= 0.6 is 0 Å². The van der Waals surface area contributed by atoms with Crippen LogP contribution in [0.1, 0.15) is 58.7 Å². The van der Waals surface area contributed by atoms with Crippen LogP contribution in [0.4, 0.5) is 0 Å². The average molecular weight is 274 g/mol. The lowest BCUT2D eigenvalue weighted by Gasteiger charge is -2.38. The maximum absolute atomic E-state index is 6.28. The summed E-state index contributed by atoms with van der Waals surface area (Å²) >= 11 is 0. The summed E-state index contributed by atoms with van der Waals surface area (Å²) in [5.41, 5.74) is 7.42. The quantitative estimate of drug-likeness (QED) is 0.914. The summed E-state index contributed by atoms with van der Waals surface area (Å²) in [5.74, 6) is 1.68. The third-order valence-electron chi connectivity index (χ3n) is 6.22. The lowest BCUT2D eigenvalue weighted by atomic mass is 9.70. The number of rotatable bonds is 3. The summed E-state index contributed by atoms with van der Waals surface area (Å²) < 4.78 is 6.28. The first kappa shape index (κ1) is 13.9. The monoisotopic (exact) mass is 274 g/mol. The first-order valence-electron chi connectivity index (χ1n) is 7.73. The maximum Gasteiger partial charge on any atom is 0.138 e. The molecule has 110 valence electrons. The van der Waals surface area contributed by atoms with E-state index >= 15 is 0 Å². The second-order valence-electron chi connectivity index (χ2n) is 7.42. The highest BCUT2D eigenvalue weighted by Gasteiger charge is 2.62. The Hall–Kier alpha value is -1.09. The fraction of sp³-hybridized carbons (Fsp3) is 0.706. The lowest BCUT2D eigenvalue weighted by Crippen LogP contribution is -2.38. The van der Waals surface area contributed by atoms with E-state index in [0.717, 1.165) is 17.4 Å². The first-order chi connectivity index (χ1) is 9.34. The van der Waals surface area contributed by atoms with Crippen molar-refractivity contribution in [3.63, 3.8) is 0 Å². The number of hydrogen-bond acceptors (Lipinski definition) is 3. The van der Waals surface area contributed by atoms with Crippen LogP contribution in [0.5, 0.6) is 5.75 Å². The molecule has 2 saturated carbocycles. The Morgan fingerprint density at radius 2 is 2.10 bits per heavy atom. The van der Waals surface area contributed by atoms with Crippen molar-refractivity contribution in [3.8, 4) is 5.75 Å². The van der Waals surface area contributed by atoms with Gasteiger partial charge in [0.05, 0.1) is 11.9 Å². The van der Waals surface area contributed by atoms with E-state index in [9.17, 15) is 0 Å². The Labute approximate surface area is 121 Å². The van der Waals surface area contributed by atoms with Crippen molar-refractivity contribution in [3.05, 3.63) is 24.0 Å². The molecular weight excluding hydrogens is 248 g/mol. The molecule has 20 heavy (non-hydrogen) atoms. The van der Waals surface area contributed by atoms with Gasteiger partial charge in [-0.05, 0) is 49.7 Å². The summed E-state index contributed by atoms with van der Waals surface area (Å²) in [6.07, 6.45) is 5.95. The SMILES string of the molecule is C[C@@H](N)c1ccc(OC2CC3CCC2(C)C3(C)C)cn1. The zero-order valence-corrected chi connectivity index (χ0v) is 13.0. The topological polar surface area (TPSA) is 48.1 Å². The van der Waals surface area contributed by atoms with Crippen molar-refractivity contribution in [2.45, 2.75) is 59.1 Å². The average Bonchev–Trinajstić information content (AvgIpc) is 2.72. The van der Waals surface area contributed by atoms with Crippen LogP contribution in [-0.4, -0.2) is 11.1 Å². The van der Waals surface area contributed by atoms with Crippen LogP contribution in [0.2, 0.25) is 0 Å². The molecule has 0 saturated heterocycles. The van der Waals surface area contributed by atoms with Gasteiger partial charge in [-0.2, -0.15) is 0 Å². The summed E-state index contributed by atoms with van der Waals surface area (Å²) in [5, 5.41) is 0. The van der Waals surface area contributed by atoms with E-state index in [0.29, 0.717) is 11.5 Å². The van der Waals surface area contributed by atoms with E-state index in [4.69, 9.17) is 10.5 Å². The van der Waals surface area contributed by atoms with E-state index < -0.39 is 0 Å². The number of nitrogens with two attached hydrogens (primary N) is 1. The molecule has 2 aliphatic rings. The molecule has 3 nitrogen and oxygen atoms in total. The van der Waals surface area contributed by atoms with Gasteiger partial charge in [-0.15, -0.1) is 0 Å². The van der Waals surface area contributed by atoms with Gasteiger partial charge in [-0.25, -0.2) is 0 Å². The van der Waals surface area contributed by atoms with Crippen molar-refractivity contribution < 1.29 is 4.74 Å². The fourth-order valence-electron chi connectivity index (χ4n) is 4.20. The smallest absolute Gasteiger partial charge is 0.138 e. The lowest BCUT2D eigenvalue weighted by molar-refractivity contribution is 0.0299. The first-order valence-corrected chi connectivity index (χ1v) is 7.73. The molecular formula is C17H26N2O. The molecule has 2 bridgehead atoms. The Balaban J connectivity index is 1.76. The predicted octanol–water partition coefficient (Wildman–Crippen LogP) is 3.69. The molecule has 0 radical (unpaired) electrons. The van der Waals surface area contributed by atoms with E-state index in [-0.39, 0.29) is 11.5 Å². The van der Waals surface area contributed by atoms with Crippen molar-refractivity contribution in [1.29, 1.82) is 0 Å². The number of ether oxygens (including phenoxy) is 1. The minimum absolute atomic E-state index is 0.0250. The zero-order chi connectivity index (χ0) is 14.5. The van der Waals surface area contributed by atoms with Gasteiger partial charge in [0.2, 0.25) is 0 Å². The molecule has 0 aromatic carbocycles. The standard InChI is InChI=1S/C17H26N2O/c1-11(18)14-6-5-13(10-19-14)20-15-9-12-7-8-17(15,4)16(12,2)3/h5-6,10-12,15H,7-9,18H2,1-4H3/t11-,12?,15?,17?/m1/s1. The maximum atomic E-state index is 6.28. The third kappa shape index (κ3) is 1.86.